The maximum absolute atomic E-state index is 13.4. The van der Waals surface area contributed by atoms with Crippen molar-refractivity contribution in [2.75, 3.05) is 0 Å². The monoisotopic (exact) mass is 212 g/mol. The van der Waals surface area contributed by atoms with Crippen LogP contribution < -0.4 is 18.9 Å². The van der Waals surface area contributed by atoms with E-state index in [1.54, 1.807) is 18.2 Å². The van der Waals surface area contributed by atoms with Crippen LogP contribution in [0.25, 0.3) is 11.1 Å². The fraction of sp³-hybridized carbons (Fsp3) is 0. The van der Waals surface area contributed by atoms with E-state index < -0.39 is 0 Å². The van der Waals surface area contributed by atoms with E-state index in [1.807, 2.05) is 18.2 Å². The van der Waals surface area contributed by atoms with Gasteiger partial charge in [0, 0.05) is 5.02 Å². The molecule has 0 radical (unpaired) electrons. The Bertz CT molecular complexity index is 443. The Hall–Kier alpha value is -0.743. The second kappa shape index (κ2) is 5.37. The van der Waals surface area contributed by atoms with E-state index in [9.17, 15) is 4.39 Å². The Morgan fingerprint density at radius 2 is 1.93 bits per heavy atom. The SMILES string of the molecule is Fc1cc(Cl)ccc1-c1[c-]cccc1.[Li+]. The van der Waals surface area contributed by atoms with Crippen molar-refractivity contribution in [3.8, 4) is 11.1 Å². The van der Waals surface area contributed by atoms with Crippen molar-refractivity contribution in [1.29, 1.82) is 0 Å². The zero-order valence-corrected chi connectivity index (χ0v) is 9.05. The quantitative estimate of drug-likeness (QED) is 0.488. The molecule has 2 rings (SSSR count). The molecule has 0 fully saturated rings. The molecule has 15 heavy (non-hydrogen) atoms. The molecule has 0 nitrogen and oxygen atoms in total. The largest absolute Gasteiger partial charge is 1.00 e. The summed E-state index contributed by atoms with van der Waals surface area (Å²) >= 11 is 5.65. The zero-order valence-electron chi connectivity index (χ0n) is 8.30. The van der Waals surface area contributed by atoms with Crippen molar-refractivity contribution in [3.05, 3.63) is 59.4 Å². The molecular weight excluding hydrogens is 206 g/mol. The number of hydrogen-bond donors (Lipinski definition) is 0. The van der Waals surface area contributed by atoms with Crippen molar-refractivity contribution in [2.24, 2.45) is 0 Å². The molecule has 0 saturated heterocycles. The van der Waals surface area contributed by atoms with Crippen LogP contribution in [-0.4, -0.2) is 0 Å². The van der Waals surface area contributed by atoms with Crippen LogP contribution in [0.4, 0.5) is 4.39 Å². The molecule has 2 aromatic carbocycles. The summed E-state index contributed by atoms with van der Waals surface area (Å²) in [5.41, 5.74) is 1.26. The average molecular weight is 213 g/mol. The van der Waals surface area contributed by atoms with Gasteiger partial charge in [-0.25, -0.2) is 4.39 Å². The molecule has 0 heterocycles. The Labute approximate surface area is 105 Å². The van der Waals surface area contributed by atoms with Crippen LogP contribution in [0.15, 0.2) is 42.5 Å². The Kier molecular flexibility index (Phi) is 4.41. The topological polar surface area (TPSA) is 0 Å². The number of hydrogen-bond acceptors (Lipinski definition) is 0. The van der Waals surface area contributed by atoms with E-state index in [0.29, 0.717) is 10.6 Å². The van der Waals surface area contributed by atoms with E-state index >= 15 is 0 Å². The minimum atomic E-state index is -0.319. The van der Waals surface area contributed by atoms with E-state index in [2.05, 4.69) is 6.07 Å². The minimum absolute atomic E-state index is 0. The molecule has 70 valence electrons. The van der Waals surface area contributed by atoms with Crippen LogP contribution in [0.5, 0.6) is 0 Å². The maximum Gasteiger partial charge on any atom is 1.00 e. The minimum Gasteiger partial charge on any atom is -0.217 e. The molecule has 0 aliphatic rings. The summed E-state index contributed by atoms with van der Waals surface area (Å²) in [5, 5.41) is 0.405. The second-order valence-electron chi connectivity index (χ2n) is 2.90. The van der Waals surface area contributed by atoms with Crippen LogP contribution in [-0.2, 0) is 0 Å². The van der Waals surface area contributed by atoms with Crippen molar-refractivity contribution in [2.45, 2.75) is 0 Å². The molecule has 0 amide bonds. The van der Waals surface area contributed by atoms with Gasteiger partial charge in [-0.1, -0.05) is 29.3 Å². The third kappa shape index (κ3) is 2.86. The Morgan fingerprint density at radius 3 is 2.53 bits per heavy atom. The molecule has 0 aromatic heterocycles. The van der Waals surface area contributed by atoms with Crippen molar-refractivity contribution in [3.63, 3.8) is 0 Å². The first-order valence-electron chi connectivity index (χ1n) is 4.19. The molecule has 0 atom stereocenters. The summed E-state index contributed by atoms with van der Waals surface area (Å²) in [5.74, 6) is -0.319. The molecule has 2 aromatic rings. The molecule has 0 saturated carbocycles. The van der Waals surface area contributed by atoms with Crippen LogP contribution in [0.2, 0.25) is 5.02 Å². The molecule has 0 bridgehead atoms. The maximum atomic E-state index is 13.4. The summed E-state index contributed by atoms with van der Waals surface area (Å²) in [6.45, 7) is 0. The van der Waals surface area contributed by atoms with Crippen LogP contribution in [0.1, 0.15) is 0 Å². The smallest absolute Gasteiger partial charge is 0.217 e. The first kappa shape index (κ1) is 12.3. The normalized spacial score (nSPS) is 9.47. The van der Waals surface area contributed by atoms with Gasteiger partial charge >= 0.3 is 18.9 Å². The van der Waals surface area contributed by atoms with E-state index in [1.165, 1.54) is 6.07 Å². The summed E-state index contributed by atoms with van der Waals surface area (Å²) in [6.07, 6.45) is 0. The van der Waals surface area contributed by atoms with Gasteiger partial charge in [-0.3, -0.25) is 0 Å². The first-order chi connectivity index (χ1) is 6.77. The van der Waals surface area contributed by atoms with Crippen molar-refractivity contribution >= 4 is 11.6 Å². The second-order valence-corrected chi connectivity index (χ2v) is 3.34. The fourth-order valence-corrected chi connectivity index (χ4v) is 1.43. The Balaban J connectivity index is 0.00000112. The van der Waals surface area contributed by atoms with Crippen LogP contribution in [0.3, 0.4) is 0 Å². The van der Waals surface area contributed by atoms with Gasteiger partial charge in [0.2, 0.25) is 0 Å². The van der Waals surface area contributed by atoms with Gasteiger partial charge in [-0.05, 0) is 6.07 Å². The molecule has 0 aliphatic carbocycles. The predicted octanol–water partition coefficient (Wildman–Crippen LogP) is 0.950. The van der Waals surface area contributed by atoms with Gasteiger partial charge in [0.25, 0.3) is 0 Å². The third-order valence-electron chi connectivity index (χ3n) is 1.93. The number of benzene rings is 2. The molecule has 0 unspecified atom stereocenters. The summed E-state index contributed by atoms with van der Waals surface area (Å²) in [6, 6.07) is 14.8. The zero-order chi connectivity index (χ0) is 9.97. The van der Waals surface area contributed by atoms with E-state index in [-0.39, 0.29) is 24.7 Å². The van der Waals surface area contributed by atoms with Crippen molar-refractivity contribution in [1.82, 2.24) is 0 Å². The number of rotatable bonds is 1. The van der Waals surface area contributed by atoms with E-state index in [4.69, 9.17) is 11.6 Å². The van der Waals surface area contributed by atoms with Gasteiger partial charge in [-0.15, -0.1) is 35.9 Å². The van der Waals surface area contributed by atoms with E-state index in [0.717, 1.165) is 5.56 Å². The predicted molar refractivity (Wildman–Crippen MR) is 55.7 cm³/mol. The summed E-state index contributed by atoms with van der Waals surface area (Å²) in [7, 11) is 0. The summed E-state index contributed by atoms with van der Waals surface area (Å²) in [4.78, 5) is 0. The van der Waals surface area contributed by atoms with Crippen LogP contribution >= 0.6 is 11.6 Å². The van der Waals surface area contributed by atoms with Gasteiger partial charge in [0.1, 0.15) is 0 Å². The first-order valence-corrected chi connectivity index (χ1v) is 4.57. The van der Waals surface area contributed by atoms with Gasteiger partial charge in [-0.2, -0.15) is 0 Å². The molecular formula is C12H7ClFLi. The molecule has 3 heteroatoms. The standard InChI is InChI=1S/C12H7ClF.Li/c13-10-6-7-11(12(14)8-10)9-4-2-1-3-5-9;/h1-4,6-8H;/q-1;+1. The average Bonchev–Trinajstić information content (AvgIpc) is 2.19. The van der Waals surface area contributed by atoms with Crippen molar-refractivity contribution < 1.29 is 23.3 Å². The molecule has 0 spiro atoms. The van der Waals surface area contributed by atoms with Crippen LogP contribution in [0, 0.1) is 11.9 Å². The molecule has 0 N–H and O–H groups in total. The van der Waals surface area contributed by atoms with Gasteiger partial charge < -0.3 is 0 Å². The molecule has 0 aliphatic heterocycles. The van der Waals surface area contributed by atoms with Gasteiger partial charge in [0.15, 0.2) is 0 Å². The Morgan fingerprint density at radius 1 is 1.13 bits per heavy atom. The fourth-order valence-electron chi connectivity index (χ4n) is 1.27. The third-order valence-corrected chi connectivity index (χ3v) is 2.17. The number of halogens is 2. The van der Waals surface area contributed by atoms with Gasteiger partial charge in [0.05, 0.1) is 5.82 Å². The summed E-state index contributed by atoms with van der Waals surface area (Å²) < 4.78 is 13.4.